The van der Waals surface area contributed by atoms with Gasteiger partial charge in [0.15, 0.2) is 0 Å². The highest BCUT2D eigenvalue weighted by Gasteiger charge is 2.08. The molecule has 0 heterocycles. The maximum atomic E-state index is 12.2. The van der Waals surface area contributed by atoms with Crippen molar-refractivity contribution in [3.63, 3.8) is 0 Å². The molecule has 7 heteroatoms. The third-order valence-electron chi connectivity index (χ3n) is 4.31. The normalized spacial score (nSPS) is 10.9. The van der Waals surface area contributed by atoms with Crippen molar-refractivity contribution < 1.29 is 9.53 Å². The third kappa shape index (κ3) is 7.58. The molecule has 0 fully saturated rings. The Bertz CT molecular complexity index is 732. The van der Waals surface area contributed by atoms with Gasteiger partial charge in [0.25, 0.3) is 0 Å². The molecule has 6 nitrogen and oxygen atoms in total. The van der Waals surface area contributed by atoms with Crippen molar-refractivity contribution in [1.82, 2.24) is 10.3 Å². The number of hydrogen-bond donors (Lipinski definition) is 2. The summed E-state index contributed by atoms with van der Waals surface area (Å²) in [4.78, 5) is 14.5. The molecule has 0 saturated heterocycles. The van der Waals surface area contributed by atoms with Gasteiger partial charge in [0, 0.05) is 18.7 Å². The topological polar surface area (TPSA) is 66.0 Å². The number of benzene rings is 2. The van der Waals surface area contributed by atoms with Gasteiger partial charge in [0.1, 0.15) is 5.75 Å². The van der Waals surface area contributed by atoms with Gasteiger partial charge >= 0.3 is 6.03 Å². The van der Waals surface area contributed by atoms with Crippen LogP contribution in [0.5, 0.6) is 5.75 Å². The summed E-state index contributed by atoms with van der Waals surface area (Å²) in [6, 6.07) is 16.7. The number of nitrogens with zero attached hydrogens (tertiary/aromatic N) is 2. The van der Waals surface area contributed by atoms with E-state index in [9.17, 15) is 4.79 Å². The second-order valence-corrected chi connectivity index (χ2v) is 6.00. The molecule has 2 amide bonds. The van der Waals surface area contributed by atoms with Crippen LogP contribution in [0.2, 0.25) is 0 Å². The first-order valence-electron chi connectivity index (χ1n) is 9.21. The predicted octanol–water partition coefficient (Wildman–Crippen LogP) is 4.37. The average Bonchev–Trinajstić information content (AvgIpc) is 2.72. The lowest BCUT2D eigenvalue weighted by molar-refractivity contribution is 0.252. The van der Waals surface area contributed by atoms with Gasteiger partial charge in [0.2, 0.25) is 0 Å². The number of urea groups is 1. The predicted molar refractivity (Wildman–Crippen MR) is 118 cm³/mol. The van der Waals surface area contributed by atoms with Gasteiger partial charge in [-0.3, -0.25) is 0 Å². The van der Waals surface area contributed by atoms with E-state index in [1.54, 1.807) is 31.4 Å². The summed E-state index contributed by atoms with van der Waals surface area (Å²) in [6.45, 7) is 7.16. The molecule has 0 unspecified atom stereocenters. The number of hydrogen-bond acceptors (Lipinski definition) is 4. The molecule has 28 heavy (non-hydrogen) atoms. The van der Waals surface area contributed by atoms with Crippen LogP contribution >= 0.6 is 12.4 Å². The van der Waals surface area contributed by atoms with Crippen LogP contribution in [0.4, 0.5) is 10.5 Å². The van der Waals surface area contributed by atoms with Gasteiger partial charge in [0.05, 0.1) is 12.8 Å². The fourth-order valence-corrected chi connectivity index (χ4v) is 2.65. The summed E-state index contributed by atoms with van der Waals surface area (Å²) < 4.78 is 5.11. The van der Waals surface area contributed by atoms with Crippen molar-refractivity contribution in [3.05, 3.63) is 60.2 Å². The lowest BCUT2D eigenvalue weighted by Gasteiger charge is -2.18. The van der Waals surface area contributed by atoms with E-state index >= 15 is 0 Å². The van der Waals surface area contributed by atoms with E-state index in [1.165, 1.54) is 0 Å². The first-order chi connectivity index (χ1) is 13.2. The minimum absolute atomic E-state index is 0. The van der Waals surface area contributed by atoms with Crippen molar-refractivity contribution in [3.8, 4) is 5.75 Å². The Morgan fingerprint density at radius 3 is 2.25 bits per heavy atom. The largest absolute Gasteiger partial charge is 0.497 e. The number of anilines is 1. The summed E-state index contributed by atoms with van der Waals surface area (Å²) in [6.07, 6.45) is 0.758. The quantitative estimate of drug-likeness (QED) is 0.481. The fourth-order valence-electron chi connectivity index (χ4n) is 2.65. The Kier molecular flexibility index (Phi) is 10.7. The van der Waals surface area contributed by atoms with Crippen LogP contribution in [-0.4, -0.2) is 43.4 Å². The van der Waals surface area contributed by atoms with E-state index < -0.39 is 0 Å². The van der Waals surface area contributed by atoms with Crippen molar-refractivity contribution in [2.75, 3.05) is 32.1 Å². The summed E-state index contributed by atoms with van der Waals surface area (Å²) in [5, 5.41) is 7.13. The first-order valence-corrected chi connectivity index (χ1v) is 9.21. The first kappa shape index (κ1) is 23.5. The molecular weight excluding hydrogens is 376 g/mol. The van der Waals surface area contributed by atoms with E-state index in [-0.39, 0.29) is 18.4 Å². The Balaban J connectivity index is 0.00000392. The number of methoxy groups -OCH3 is 1. The molecule has 0 aliphatic carbocycles. The zero-order valence-corrected chi connectivity index (χ0v) is 17.5. The Labute approximate surface area is 173 Å². The third-order valence-corrected chi connectivity index (χ3v) is 4.31. The van der Waals surface area contributed by atoms with Crippen LogP contribution in [0.25, 0.3) is 0 Å². The summed E-state index contributed by atoms with van der Waals surface area (Å²) in [7, 11) is 1.60. The van der Waals surface area contributed by atoms with Crippen molar-refractivity contribution in [2.45, 2.75) is 20.3 Å². The number of ether oxygens (including phenoxy) is 1. The molecule has 2 aromatic rings. The van der Waals surface area contributed by atoms with Crippen LogP contribution in [0, 0.1) is 0 Å². The van der Waals surface area contributed by atoms with Crippen molar-refractivity contribution in [1.29, 1.82) is 0 Å². The highest BCUT2D eigenvalue weighted by atomic mass is 35.5. The van der Waals surface area contributed by atoms with Gasteiger partial charge in [-0.25, -0.2) is 10.2 Å². The Morgan fingerprint density at radius 2 is 1.68 bits per heavy atom. The summed E-state index contributed by atoms with van der Waals surface area (Å²) in [5.74, 6) is 0.738. The lowest BCUT2D eigenvalue weighted by Crippen LogP contribution is -2.28. The number of halogens is 1. The second-order valence-electron chi connectivity index (χ2n) is 6.00. The van der Waals surface area contributed by atoms with Gasteiger partial charge < -0.3 is 15.0 Å². The fraction of sp³-hybridized carbons (Fsp3) is 0.333. The number of nitrogens with one attached hydrogen (secondary N) is 2. The molecule has 0 radical (unpaired) electrons. The molecule has 152 valence electrons. The minimum atomic E-state index is -0.378. The Hall–Kier alpha value is -2.57. The van der Waals surface area contributed by atoms with Gasteiger partial charge in [-0.1, -0.05) is 44.2 Å². The monoisotopic (exact) mass is 404 g/mol. The summed E-state index contributed by atoms with van der Waals surface area (Å²) >= 11 is 0. The van der Waals surface area contributed by atoms with E-state index in [1.807, 2.05) is 30.3 Å². The average molecular weight is 405 g/mol. The molecule has 0 atom stereocenters. The number of amides is 2. The molecule has 0 aliphatic rings. The number of carbonyl (C=O) groups excluding carboxylic acids is 1. The smallest absolute Gasteiger partial charge is 0.339 e. The molecule has 2 aromatic carbocycles. The highest BCUT2D eigenvalue weighted by Crippen LogP contribution is 2.14. The maximum Gasteiger partial charge on any atom is 0.339 e. The standard InChI is InChI=1S/C21H28N4O2.ClH/c1-4-25(5-2)16-15-20(17-9-7-6-8-10-17)23-24-21(26)22-18-11-13-19(27-3)14-12-18;/h6-14H,4-5,15-16H2,1-3H3,(H2,22,24,26);1H/b23-20-;. The zero-order chi connectivity index (χ0) is 19.5. The van der Waals surface area contributed by atoms with E-state index in [0.717, 1.165) is 43.1 Å². The van der Waals surface area contributed by atoms with E-state index in [2.05, 4.69) is 34.6 Å². The Morgan fingerprint density at radius 1 is 1.04 bits per heavy atom. The molecule has 0 spiro atoms. The molecule has 0 aliphatic heterocycles. The van der Waals surface area contributed by atoms with Crippen LogP contribution in [0.3, 0.4) is 0 Å². The van der Waals surface area contributed by atoms with E-state index in [0.29, 0.717) is 5.69 Å². The van der Waals surface area contributed by atoms with Gasteiger partial charge in [-0.05, 0) is 42.9 Å². The molecule has 0 saturated carbocycles. The van der Waals surface area contributed by atoms with Crippen molar-refractivity contribution >= 4 is 29.8 Å². The van der Waals surface area contributed by atoms with Gasteiger partial charge in [-0.2, -0.15) is 5.10 Å². The van der Waals surface area contributed by atoms with Crippen molar-refractivity contribution in [2.24, 2.45) is 5.10 Å². The number of carbonyl (C=O) groups is 1. The van der Waals surface area contributed by atoms with Crippen LogP contribution < -0.4 is 15.5 Å². The minimum Gasteiger partial charge on any atom is -0.497 e. The SMILES string of the molecule is CCN(CC)CC/C(=N/NC(=O)Nc1ccc(OC)cc1)c1ccccc1.Cl. The maximum absolute atomic E-state index is 12.2. The number of hydrazone groups is 1. The molecule has 0 bridgehead atoms. The zero-order valence-electron chi connectivity index (χ0n) is 16.6. The second kappa shape index (κ2) is 12.8. The lowest BCUT2D eigenvalue weighted by atomic mass is 10.1. The highest BCUT2D eigenvalue weighted by molar-refractivity contribution is 6.01. The molecular formula is C21H29ClN4O2. The van der Waals surface area contributed by atoms with Crippen LogP contribution in [0.15, 0.2) is 59.7 Å². The summed E-state index contributed by atoms with van der Waals surface area (Å²) in [5.41, 5.74) is 5.14. The van der Waals surface area contributed by atoms with E-state index in [4.69, 9.17) is 4.74 Å². The molecule has 2 N–H and O–H groups in total. The van der Waals surface area contributed by atoms with Crippen LogP contribution in [0.1, 0.15) is 25.8 Å². The number of rotatable bonds is 9. The molecule has 0 aromatic heterocycles. The van der Waals surface area contributed by atoms with Crippen LogP contribution in [-0.2, 0) is 0 Å². The molecule has 2 rings (SSSR count). The van der Waals surface area contributed by atoms with Gasteiger partial charge in [-0.15, -0.1) is 12.4 Å².